The number of rotatable bonds is 7. The average molecular weight is 489 g/mol. The van der Waals surface area contributed by atoms with Gasteiger partial charge in [0.15, 0.2) is 0 Å². The van der Waals surface area contributed by atoms with E-state index >= 15 is 0 Å². The largest absolute Gasteiger partial charge is 0.497 e. The lowest BCUT2D eigenvalue weighted by molar-refractivity contribution is -0.145. The number of benzene rings is 1. The van der Waals surface area contributed by atoms with Crippen LogP contribution in [0.5, 0.6) is 5.75 Å². The Hall–Kier alpha value is -2.65. The van der Waals surface area contributed by atoms with Crippen LogP contribution in [-0.2, 0) is 14.3 Å². The van der Waals surface area contributed by atoms with E-state index in [0.29, 0.717) is 56.8 Å². The van der Waals surface area contributed by atoms with Crippen LogP contribution in [0, 0.1) is 5.41 Å². The van der Waals surface area contributed by atoms with Gasteiger partial charge in [-0.15, -0.1) is 0 Å². The van der Waals surface area contributed by atoms with Crippen molar-refractivity contribution in [2.24, 2.45) is 5.41 Å². The highest BCUT2D eigenvalue weighted by Gasteiger charge is 2.54. The van der Waals surface area contributed by atoms with Gasteiger partial charge in [0.1, 0.15) is 17.5 Å². The van der Waals surface area contributed by atoms with Crippen molar-refractivity contribution >= 4 is 17.7 Å². The van der Waals surface area contributed by atoms with E-state index in [4.69, 9.17) is 9.47 Å². The fourth-order valence-electron chi connectivity index (χ4n) is 4.65. The molecule has 1 aromatic carbocycles. The van der Waals surface area contributed by atoms with E-state index in [1.807, 2.05) is 44.7 Å². The van der Waals surface area contributed by atoms with Crippen molar-refractivity contribution in [2.75, 3.05) is 54.0 Å². The number of nitrogens with zero attached hydrogens (tertiary/aromatic N) is 3. The number of carbonyl (C=O) groups excluding carboxylic acids is 3. The van der Waals surface area contributed by atoms with E-state index < -0.39 is 11.8 Å². The Balaban J connectivity index is 1.83. The summed E-state index contributed by atoms with van der Waals surface area (Å²) in [5.41, 5.74) is -0.589. The number of hydrogen-bond acceptors (Lipinski definition) is 6. The van der Waals surface area contributed by atoms with Gasteiger partial charge in [0.25, 0.3) is 5.91 Å². The van der Waals surface area contributed by atoms with Gasteiger partial charge in [-0.25, -0.2) is 0 Å². The first kappa shape index (κ1) is 26.9. The van der Waals surface area contributed by atoms with Crippen molar-refractivity contribution in [3.05, 3.63) is 29.8 Å². The molecule has 0 aromatic heterocycles. The van der Waals surface area contributed by atoms with Gasteiger partial charge in [-0.2, -0.15) is 0 Å². The van der Waals surface area contributed by atoms with Crippen LogP contribution in [0.15, 0.2) is 24.3 Å². The second-order valence-electron chi connectivity index (χ2n) is 10.9. The molecular formula is C26H40N4O5. The summed E-state index contributed by atoms with van der Waals surface area (Å²) < 4.78 is 11.6. The summed E-state index contributed by atoms with van der Waals surface area (Å²) in [5, 5.41) is 2.95. The third-order valence-corrected chi connectivity index (χ3v) is 6.54. The van der Waals surface area contributed by atoms with Crippen molar-refractivity contribution in [2.45, 2.75) is 51.8 Å². The Kier molecular flexibility index (Phi) is 8.43. The topological polar surface area (TPSA) is 91.4 Å². The molecule has 3 amide bonds. The lowest BCUT2D eigenvalue weighted by Crippen LogP contribution is -2.60. The van der Waals surface area contributed by atoms with Gasteiger partial charge in [-0.05, 0) is 37.7 Å². The third-order valence-electron chi connectivity index (χ3n) is 6.54. The fourth-order valence-corrected chi connectivity index (χ4v) is 4.65. The van der Waals surface area contributed by atoms with Crippen LogP contribution in [-0.4, -0.2) is 98.2 Å². The molecule has 2 aliphatic rings. The predicted octanol–water partition coefficient (Wildman–Crippen LogP) is 1.97. The zero-order chi connectivity index (χ0) is 25.8. The Morgan fingerprint density at radius 1 is 1.20 bits per heavy atom. The van der Waals surface area contributed by atoms with Crippen molar-refractivity contribution in [3.63, 3.8) is 0 Å². The van der Waals surface area contributed by atoms with E-state index in [1.165, 1.54) is 0 Å². The summed E-state index contributed by atoms with van der Waals surface area (Å²) in [5.74, 6) is 0.170. The second kappa shape index (κ2) is 11.0. The molecule has 0 saturated carbocycles. The number of methoxy groups -OCH3 is 1. The van der Waals surface area contributed by atoms with Crippen LogP contribution in [0.3, 0.4) is 0 Å². The number of nitrogens with one attached hydrogen (secondary N) is 1. The molecule has 1 spiro atoms. The number of likely N-dealkylation sites (tertiary alicyclic amines) is 1. The highest BCUT2D eigenvalue weighted by molar-refractivity contribution is 5.98. The van der Waals surface area contributed by atoms with Gasteiger partial charge < -0.3 is 24.6 Å². The molecule has 1 N–H and O–H groups in total. The fraction of sp³-hybridized carbons (Fsp3) is 0.654. The van der Waals surface area contributed by atoms with Crippen LogP contribution in [0.25, 0.3) is 0 Å². The lowest BCUT2D eigenvalue weighted by Gasteiger charge is -2.45. The summed E-state index contributed by atoms with van der Waals surface area (Å²) in [7, 11) is 5.43. The molecule has 9 heteroatoms. The van der Waals surface area contributed by atoms with Crippen molar-refractivity contribution < 1.29 is 23.9 Å². The van der Waals surface area contributed by atoms with E-state index in [9.17, 15) is 14.4 Å². The first-order chi connectivity index (χ1) is 16.5. The molecule has 2 heterocycles. The number of amides is 3. The van der Waals surface area contributed by atoms with E-state index in [0.717, 1.165) is 0 Å². The van der Waals surface area contributed by atoms with Crippen LogP contribution in [0.1, 0.15) is 50.4 Å². The summed E-state index contributed by atoms with van der Waals surface area (Å²) in [6.45, 7) is 8.39. The van der Waals surface area contributed by atoms with Crippen LogP contribution >= 0.6 is 0 Å². The summed E-state index contributed by atoms with van der Waals surface area (Å²) >= 11 is 0. The minimum atomic E-state index is -0.928. The Morgan fingerprint density at radius 2 is 1.89 bits per heavy atom. The first-order valence-electron chi connectivity index (χ1n) is 12.3. The highest BCUT2D eigenvalue weighted by Crippen LogP contribution is 2.39. The van der Waals surface area contributed by atoms with Crippen molar-refractivity contribution in [1.82, 2.24) is 20.0 Å². The summed E-state index contributed by atoms with van der Waals surface area (Å²) in [6.07, 6.45) is 1.38. The standard InChI is InChI=1S/C26H40N4O5/c1-25(2,3)17-22(31)29-13-10-26(11-14-29)30(24(33)19-8-7-9-20(16-19)34-6)21(18-35-26)23(32)27-12-15-28(4)5/h7-9,16,21H,10-15,17-18H2,1-6H3,(H,27,32). The molecule has 0 radical (unpaired) electrons. The van der Waals surface area contributed by atoms with Crippen LogP contribution in [0.2, 0.25) is 0 Å². The van der Waals surface area contributed by atoms with Crippen LogP contribution in [0.4, 0.5) is 0 Å². The molecule has 1 aromatic rings. The zero-order valence-corrected chi connectivity index (χ0v) is 21.9. The first-order valence-corrected chi connectivity index (χ1v) is 12.3. The SMILES string of the molecule is COc1cccc(C(=O)N2C(C(=O)NCCN(C)C)COC23CCN(C(=O)CC(C)(C)C)CC3)c1. The van der Waals surface area contributed by atoms with Crippen molar-refractivity contribution in [3.8, 4) is 5.75 Å². The maximum atomic E-state index is 13.8. The quantitative estimate of drug-likeness (QED) is 0.631. The Bertz CT molecular complexity index is 919. The van der Waals surface area contributed by atoms with E-state index in [-0.39, 0.29) is 29.7 Å². The Labute approximate surface area is 208 Å². The molecule has 1 atom stereocenters. The number of piperidine rings is 1. The van der Waals surface area contributed by atoms with Gasteiger partial charge in [-0.1, -0.05) is 26.8 Å². The number of ether oxygens (including phenoxy) is 2. The monoisotopic (exact) mass is 488 g/mol. The maximum Gasteiger partial charge on any atom is 0.257 e. The van der Waals surface area contributed by atoms with Gasteiger partial charge in [0, 0.05) is 51.0 Å². The smallest absolute Gasteiger partial charge is 0.257 e. The predicted molar refractivity (Wildman–Crippen MR) is 133 cm³/mol. The lowest BCUT2D eigenvalue weighted by atomic mass is 9.90. The maximum absolute atomic E-state index is 13.8. The minimum absolute atomic E-state index is 0.0970. The molecule has 3 rings (SSSR count). The molecule has 194 valence electrons. The third kappa shape index (κ3) is 6.52. The number of hydrogen-bond donors (Lipinski definition) is 1. The summed E-state index contributed by atoms with van der Waals surface area (Å²) in [4.78, 5) is 45.2. The van der Waals surface area contributed by atoms with Crippen molar-refractivity contribution in [1.29, 1.82) is 0 Å². The second-order valence-corrected chi connectivity index (χ2v) is 10.9. The zero-order valence-electron chi connectivity index (χ0n) is 21.9. The molecule has 2 fully saturated rings. The minimum Gasteiger partial charge on any atom is -0.497 e. The number of likely N-dealkylation sites (N-methyl/N-ethyl adjacent to an activating group) is 1. The molecule has 1 unspecified atom stereocenters. The van der Waals surface area contributed by atoms with Gasteiger partial charge in [0.05, 0.1) is 13.7 Å². The molecule has 0 aliphatic carbocycles. The molecule has 35 heavy (non-hydrogen) atoms. The van der Waals surface area contributed by atoms with Crippen LogP contribution < -0.4 is 10.1 Å². The normalized spacial score (nSPS) is 19.8. The molecular weight excluding hydrogens is 448 g/mol. The van der Waals surface area contributed by atoms with Gasteiger partial charge in [0.2, 0.25) is 11.8 Å². The molecule has 2 saturated heterocycles. The summed E-state index contributed by atoms with van der Waals surface area (Å²) in [6, 6.07) is 6.19. The molecule has 2 aliphatic heterocycles. The van der Waals surface area contributed by atoms with E-state index in [1.54, 1.807) is 36.3 Å². The molecule has 0 bridgehead atoms. The van der Waals surface area contributed by atoms with E-state index in [2.05, 4.69) is 5.32 Å². The number of carbonyl (C=O) groups is 3. The molecule has 9 nitrogen and oxygen atoms in total. The highest BCUT2D eigenvalue weighted by atomic mass is 16.5. The van der Waals surface area contributed by atoms with Gasteiger partial charge in [-0.3, -0.25) is 19.3 Å². The van der Waals surface area contributed by atoms with Gasteiger partial charge >= 0.3 is 0 Å². The Morgan fingerprint density at radius 3 is 2.49 bits per heavy atom. The average Bonchev–Trinajstić information content (AvgIpc) is 3.16.